The Morgan fingerprint density at radius 1 is 1.00 bits per heavy atom. The third-order valence-corrected chi connectivity index (χ3v) is 3.67. The summed E-state index contributed by atoms with van der Waals surface area (Å²) in [4.78, 5) is 14.2. The second kappa shape index (κ2) is 7.96. The van der Waals surface area contributed by atoms with Gasteiger partial charge in [0.1, 0.15) is 0 Å². The Morgan fingerprint density at radius 2 is 1.59 bits per heavy atom. The first-order chi connectivity index (χ1) is 10.5. The minimum Gasteiger partial charge on any atom is -0.384 e. The number of carbonyl (C=O) groups is 1. The van der Waals surface area contributed by atoms with Crippen molar-refractivity contribution < 1.29 is 4.79 Å². The first kappa shape index (κ1) is 16.5. The molecule has 0 radical (unpaired) electrons. The van der Waals surface area contributed by atoms with Gasteiger partial charge in [0.25, 0.3) is 5.91 Å². The van der Waals surface area contributed by atoms with E-state index in [0.29, 0.717) is 5.56 Å². The molecule has 2 aromatic carbocycles. The van der Waals surface area contributed by atoms with Crippen LogP contribution in [0, 0.1) is 0 Å². The van der Waals surface area contributed by atoms with E-state index in [4.69, 9.17) is 0 Å². The third kappa shape index (κ3) is 5.16. The SMILES string of the molecule is CN(C)CCNc1ccc(NC(=O)c2ccc(Br)cc2)cc1. The van der Waals surface area contributed by atoms with Gasteiger partial charge >= 0.3 is 0 Å². The number of hydrogen-bond donors (Lipinski definition) is 2. The van der Waals surface area contributed by atoms with Gasteiger partial charge in [-0.25, -0.2) is 0 Å². The van der Waals surface area contributed by atoms with Crippen molar-refractivity contribution in [3.63, 3.8) is 0 Å². The molecule has 0 saturated carbocycles. The van der Waals surface area contributed by atoms with Gasteiger partial charge in [0, 0.05) is 34.5 Å². The first-order valence-corrected chi connectivity index (χ1v) is 7.89. The van der Waals surface area contributed by atoms with Crippen LogP contribution in [0.5, 0.6) is 0 Å². The average Bonchev–Trinajstić information content (AvgIpc) is 2.49. The summed E-state index contributed by atoms with van der Waals surface area (Å²) in [6, 6.07) is 15.0. The minimum atomic E-state index is -0.110. The highest BCUT2D eigenvalue weighted by atomic mass is 79.9. The Labute approximate surface area is 139 Å². The van der Waals surface area contributed by atoms with E-state index in [9.17, 15) is 4.79 Å². The molecule has 116 valence electrons. The molecule has 0 aliphatic heterocycles. The molecule has 0 fully saturated rings. The quantitative estimate of drug-likeness (QED) is 0.824. The number of rotatable bonds is 6. The van der Waals surface area contributed by atoms with Crippen LogP contribution in [0.1, 0.15) is 10.4 Å². The molecule has 0 unspecified atom stereocenters. The van der Waals surface area contributed by atoms with Crippen molar-refractivity contribution in [2.45, 2.75) is 0 Å². The maximum Gasteiger partial charge on any atom is 0.255 e. The summed E-state index contributed by atoms with van der Waals surface area (Å²) < 4.78 is 0.956. The van der Waals surface area contributed by atoms with E-state index in [-0.39, 0.29) is 5.91 Å². The number of amides is 1. The summed E-state index contributed by atoms with van der Waals surface area (Å²) in [5.74, 6) is -0.110. The van der Waals surface area contributed by atoms with Crippen molar-refractivity contribution in [3.8, 4) is 0 Å². The molecular weight excluding hydrogens is 342 g/mol. The molecule has 0 aliphatic carbocycles. The van der Waals surface area contributed by atoms with E-state index in [1.807, 2.05) is 50.5 Å². The van der Waals surface area contributed by atoms with E-state index in [2.05, 4.69) is 31.5 Å². The molecule has 2 rings (SSSR count). The maximum absolute atomic E-state index is 12.1. The standard InChI is InChI=1S/C17H20BrN3O/c1-21(2)12-11-19-15-7-9-16(10-8-15)20-17(22)13-3-5-14(18)6-4-13/h3-10,19H,11-12H2,1-2H3,(H,20,22). The molecule has 4 nitrogen and oxygen atoms in total. The van der Waals surface area contributed by atoms with Crippen LogP contribution in [0.25, 0.3) is 0 Å². The predicted octanol–water partition coefficient (Wildman–Crippen LogP) is 3.67. The molecule has 0 bridgehead atoms. The largest absolute Gasteiger partial charge is 0.384 e. The smallest absolute Gasteiger partial charge is 0.255 e. The van der Waals surface area contributed by atoms with Crippen LogP contribution in [0.2, 0.25) is 0 Å². The van der Waals surface area contributed by atoms with Crippen molar-refractivity contribution in [1.82, 2.24) is 4.90 Å². The summed E-state index contributed by atoms with van der Waals surface area (Å²) in [5.41, 5.74) is 2.46. The molecule has 0 aromatic heterocycles. The van der Waals surface area contributed by atoms with Gasteiger partial charge in [-0.2, -0.15) is 0 Å². The normalized spacial score (nSPS) is 10.5. The Morgan fingerprint density at radius 3 is 2.18 bits per heavy atom. The predicted molar refractivity (Wildman–Crippen MR) is 95.6 cm³/mol. The van der Waals surface area contributed by atoms with Crippen molar-refractivity contribution in [2.24, 2.45) is 0 Å². The lowest BCUT2D eigenvalue weighted by Gasteiger charge is -2.12. The first-order valence-electron chi connectivity index (χ1n) is 7.10. The molecule has 0 heterocycles. The lowest BCUT2D eigenvalue weighted by molar-refractivity contribution is 0.102. The van der Waals surface area contributed by atoms with E-state index in [0.717, 1.165) is 28.9 Å². The van der Waals surface area contributed by atoms with Gasteiger partial charge in [-0.15, -0.1) is 0 Å². The van der Waals surface area contributed by atoms with E-state index >= 15 is 0 Å². The number of anilines is 2. The van der Waals surface area contributed by atoms with Gasteiger partial charge in [-0.1, -0.05) is 15.9 Å². The van der Waals surface area contributed by atoms with Crippen LogP contribution in [0.15, 0.2) is 53.0 Å². The topological polar surface area (TPSA) is 44.4 Å². The zero-order chi connectivity index (χ0) is 15.9. The molecule has 22 heavy (non-hydrogen) atoms. The van der Waals surface area contributed by atoms with Crippen LogP contribution in [-0.4, -0.2) is 38.0 Å². The van der Waals surface area contributed by atoms with Gasteiger partial charge < -0.3 is 15.5 Å². The Balaban J connectivity index is 1.90. The highest BCUT2D eigenvalue weighted by Crippen LogP contribution is 2.16. The number of hydrogen-bond acceptors (Lipinski definition) is 3. The molecule has 5 heteroatoms. The molecule has 2 aromatic rings. The van der Waals surface area contributed by atoms with Crippen LogP contribution in [-0.2, 0) is 0 Å². The number of benzene rings is 2. The molecule has 1 amide bonds. The second-order valence-electron chi connectivity index (χ2n) is 5.27. The fourth-order valence-corrected chi connectivity index (χ4v) is 2.16. The van der Waals surface area contributed by atoms with Crippen molar-refractivity contribution >= 4 is 33.2 Å². The Kier molecular flexibility index (Phi) is 5.98. The summed E-state index contributed by atoms with van der Waals surface area (Å²) in [6.07, 6.45) is 0. The number of halogens is 1. The number of likely N-dealkylation sites (N-methyl/N-ethyl adjacent to an activating group) is 1. The Hall–Kier alpha value is -1.85. The fourth-order valence-electron chi connectivity index (χ4n) is 1.90. The van der Waals surface area contributed by atoms with Crippen molar-refractivity contribution in [3.05, 3.63) is 58.6 Å². The molecule has 0 spiro atoms. The zero-order valence-corrected chi connectivity index (χ0v) is 14.4. The van der Waals surface area contributed by atoms with E-state index in [1.165, 1.54) is 0 Å². The molecule has 0 atom stereocenters. The van der Waals surface area contributed by atoms with Gasteiger partial charge in [-0.3, -0.25) is 4.79 Å². The van der Waals surface area contributed by atoms with Crippen LogP contribution < -0.4 is 10.6 Å². The lowest BCUT2D eigenvalue weighted by atomic mass is 10.2. The summed E-state index contributed by atoms with van der Waals surface area (Å²) in [7, 11) is 4.09. The van der Waals surface area contributed by atoms with Gasteiger partial charge in [0.05, 0.1) is 0 Å². The number of carbonyl (C=O) groups excluding carboxylic acids is 1. The van der Waals surface area contributed by atoms with Crippen molar-refractivity contribution in [1.29, 1.82) is 0 Å². The van der Waals surface area contributed by atoms with Gasteiger partial charge in [0.15, 0.2) is 0 Å². The number of nitrogens with one attached hydrogen (secondary N) is 2. The maximum atomic E-state index is 12.1. The molecule has 2 N–H and O–H groups in total. The molecule has 0 saturated heterocycles. The minimum absolute atomic E-state index is 0.110. The lowest BCUT2D eigenvalue weighted by Crippen LogP contribution is -2.20. The monoisotopic (exact) mass is 361 g/mol. The van der Waals surface area contributed by atoms with Crippen LogP contribution >= 0.6 is 15.9 Å². The summed E-state index contributed by atoms with van der Waals surface area (Å²) in [6.45, 7) is 1.86. The average molecular weight is 362 g/mol. The van der Waals surface area contributed by atoms with Crippen LogP contribution in [0.4, 0.5) is 11.4 Å². The Bertz CT molecular complexity index is 609. The number of nitrogens with zero attached hydrogens (tertiary/aromatic N) is 1. The van der Waals surface area contributed by atoms with E-state index in [1.54, 1.807) is 12.1 Å². The highest BCUT2D eigenvalue weighted by molar-refractivity contribution is 9.10. The molecule has 0 aliphatic rings. The second-order valence-corrected chi connectivity index (χ2v) is 6.18. The summed E-state index contributed by atoms with van der Waals surface area (Å²) in [5, 5.41) is 6.22. The third-order valence-electron chi connectivity index (χ3n) is 3.14. The molecular formula is C17H20BrN3O. The van der Waals surface area contributed by atoms with Gasteiger partial charge in [-0.05, 0) is 62.6 Å². The van der Waals surface area contributed by atoms with Crippen LogP contribution in [0.3, 0.4) is 0 Å². The highest BCUT2D eigenvalue weighted by Gasteiger charge is 2.05. The summed E-state index contributed by atoms with van der Waals surface area (Å²) >= 11 is 3.36. The van der Waals surface area contributed by atoms with Crippen molar-refractivity contribution in [2.75, 3.05) is 37.8 Å². The fraction of sp³-hybridized carbons (Fsp3) is 0.235. The van der Waals surface area contributed by atoms with Gasteiger partial charge in [0.2, 0.25) is 0 Å². The van der Waals surface area contributed by atoms with E-state index < -0.39 is 0 Å². The zero-order valence-electron chi connectivity index (χ0n) is 12.8.